The van der Waals surface area contributed by atoms with Crippen molar-refractivity contribution in [2.24, 2.45) is 5.73 Å². The Morgan fingerprint density at radius 3 is 2.42 bits per heavy atom. The van der Waals surface area contributed by atoms with Gasteiger partial charge in [-0.05, 0) is 40.7 Å². The molecule has 104 valence electrons. The lowest BCUT2D eigenvalue weighted by molar-refractivity contribution is 0.566. The first-order valence-corrected chi connectivity index (χ1v) is 6.76. The zero-order chi connectivity index (χ0) is 14.2. The largest absolute Gasteiger partial charge is 0.324 e. The maximum Gasteiger partial charge on any atom is 0.0831 e. The molecule has 0 fully saturated rings. The second kappa shape index (κ2) is 5.17. The summed E-state index contributed by atoms with van der Waals surface area (Å²) in [7, 11) is 0. The van der Waals surface area contributed by atoms with Crippen LogP contribution >= 0.6 is 0 Å². The summed E-state index contributed by atoms with van der Waals surface area (Å²) in [5, 5.41) is 9.08. The fraction of sp³-hybridized carbons (Fsp3) is 0.571. The molecule has 0 saturated carbocycles. The van der Waals surface area contributed by atoms with Crippen LogP contribution in [0.5, 0.6) is 0 Å². The van der Waals surface area contributed by atoms with E-state index in [2.05, 4.69) is 30.1 Å². The molecule has 0 aromatic carbocycles. The molecule has 2 aromatic heterocycles. The first kappa shape index (κ1) is 13.8. The van der Waals surface area contributed by atoms with E-state index in [9.17, 15) is 0 Å². The molecule has 1 atom stereocenters. The maximum absolute atomic E-state index is 6.01. The SMILES string of the molecule is CCn1nc(C)cc1Cn1nc(C)c(C(C)N)c1C. The Bertz CT molecular complexity index is 577. The number of hydrogen-bond acceptors (Lipinski definition) is 3. The summed E-state index contributed by atoms with van der Waals surface area (Å²) in [5.41, 5.74) is 11.6. The summed E-state index contributed by atoms with van der Waals surface area (Å²) in [4.78, 5) is 0. The second-order valence-electron chi connectivity index (χ2n) is 5.12. The van der Waals surface area contributed by atoms with Gasteiger partial charge in [0, 0.05) is 23.8 Å². The summed E-state index contributed by atoms with van der Waals surface area (Å²) in [5.74, 6) is 0. The molecule has 5 nitrogen and oxygen atoms in total. The van der Waals surface area contributed by atoms with Crippen LogP contribution in [0.4, 0.5) is 0 Å². The third kappa shape index (κ3) is 2.56. The highest BCUT2D eigenvalue weighted by Crippen LogP contribution is 2.20. The summed E-state index contributed by atoms with van der Waals surface area (Å²) < 4.78 is 4.05. The molecule has 0 radical (unpaired) electrons. The van der Waals surface area contributed by atoms with Gasteiger partial charge in [-0.3, -0.25) is 9.36 Å². The van der Waals surface area contributed by atoms with Crippen LogP contribution in [0.3, 0.4) is 0 Å². The topological polar surface area (TPSA) is 61.7 Å². The number of aromatic nitrogens is 4. The Labute approximate surface area is 114 Å². The van der Waals surface area contributed by atoms with Crippen molar-refractivity contribution in [2.75, 3.05) is 0 Å². The fourth-order valence-electron chi connectivity index (χ4n) is 2.68. The minimum Gasteiger partial charge on any atom is -0.324 e. The van der Waals surface area contributed by atoms with Crippen molar-refractivity contribution >= 4 is 0 Å². The second-order valence-corrected chi connectivity index (χ2v) is 5.12. The van der Waals surface area contributed by atoms with Crippen LogP contribution in [-0.4, -0.2) is 19.6 Å². The molecule has 2 heterocycles. The zero-order valence-corrected chi connectivity index (χ0v) is 12.4. The van der Waals surface area contributed by atoms with Crippen LogP contribution in [-0.2, 0) is 13.1 Å². The molecule has 0 spiro atoms. The molecule has 0 aliphatic heterocycles. The van der Waals surface area contributed by atoms with Gasteiger partial charge in [-0.25, -0.2) is 0 Å². The fourth-order valence-corrected chi connectivity index (χ4v) is 2.68. The molecule has 0 amide bonds. The van der Waals surface area contributed by atoms with E-state index in [-0.39, 0.29) is 6.04 Å². The molecular formula is C14H23N5. The highest BCUT2D eigenvalue weighted by Gasteiger charge is 2.16. The van der Waals surface area contributed by atoms with Crippen molar-refractivity contribution in [3.63, 3.8) is 0 Å². The number of aryl methyl sites for hydroxylation is 3. The predicted molar refractivity (Wildman–Crippen MR) is 76.0 cm³/mol. The predicted octanol–water partition coefficient (Wildman–Crippen LogP) is 2.09. The van der Waals surface area contributed by atoms with Gasteiger partial charge in [-0.1, -0.05) is 0 Å². The Morgan fingerprint density at radius 2 is 1.89 bits per heavy atom. The molecule has 0 aliphatic rings. The van der Waals surface area contributed by atoms with Crippen LogP contribution in [0.25, 0.3) is 0 Å². The smallest absolute Gasteiger partial charge is 0.0831 e. The minimum atomic E-state index is 0.0200. The molecular weight excluding hydrogens is 238 g/mol. The molecule has 1 unspecified atom stereocenters. The van der Waals surface area contributed by atoms with E-state index in [1.807, 2.05) is 30.1 Å². The van der Waals surface area contributed by atoms with Crippen molar-refractivity contribution in [3.8, 4) is 0 Å². The number of rotatable bonds is 4. The van der Waals surface area contributed by atoms with Crippen molar-refractivity contribution in [3.05, 3.63) is 34.4 Å². The highest BCUT2D eigenvalue weighted by molar-refractivity contribution is 5.28. The monoisotopic (exact) mass is 261 g/mol. The summed E-state index contributed by atoms with van der Waals surface area (Å²) in [6, 6.07) is 2.14. The van der Waals surface area contributed by atoms with E-state index < -0.39 is 0 Å². The minimum absolute atomic E-state index is 0.0200. The molecule has 2 N–H and O–H groups in total. The highest BCUT2D eigenvalue weighted by atomic mass is 15.3. The van der Waals surface area contributed by atoms with E-state index >= 15 is 0 Å². The number of nitrogens with two attached hydrogens (primary N) is 1. The first-order valence-electron chi connectivity index (χ1n) is 6.76. The number of hydrogen-bond donors (Lipinski definition) is 1. The molecule has 5 heteroatoms. The van der Waals surface area contributed by atoms with E-state index in [1.165, 1.54) is 5.69 Å². The van der Waals surface area contributed by atoms with Gasteiger partial charge in [0.15, 0.2) is 0 Å². The van der Waals surface area contributed by atoms with Gasteiger partial charge in [0.05, 0.1) is 23.6 Å². The van der Waals surface area contributed by atoms with E-state index in [0.29, 0.717) is 0 Å². The van der Waals surface area contributed by atoms with Gasteiger partial charge in [-0.2, -0.15) is 10.2 Å². The Balaban J connectivity index is 2.36. The lowest BCUT2D eigenvalue weighted by Crippen LogP contribution is -2.11. The van der Waals surface area contributed by atoms with Gasteiger partial charge in [0.1, 0.15) is 0 Å². The van der Waals surface area contributed by atoms with Gasteiger partial charge >= 0.3 is 0 Å². The molecule has 0 saturated heterocycles. The Hall–Kier alpha value is -1.62. The van der Waals surface area contributed by atoms with E-state index in [4.69, 9.17) is 5.73 Å². The Kier molecular flexibility index (Phi) is 3.75. The normalized spacial score (nSPS) is 12.9. The standard InChI is InChI=1S/C14H23N5/c1-6-18-13(7-9(2)16-18)8-19-12(5)14(10(3)15)11(4)17-19/h7,10H,6,8,15H2,1-5H3. The van der Waals surface area contributed by atoms with Crippen LogP contribution in [0, 0.1) is 20.8 Å². The van der Waals surface area contributed by atoms with Crippen LogP contribution < -0.4 is 5.73 Å². The molecule has 2 aromatic rings. The third-order valence-corrected chi connectivity index (χ3v) is 3.49. The van der Waals surface area contributed by atoms with Crippen molar-refractivity contribution in [1.29, 1.82) is 0 Å². The van der Waals surface area contributed by atoms with E-state index in [0.717, 1.165) is 35.7 Å². The summed E-state index contributed by atoms with van der Waals surface area (Å²) in [6.45, 7) is 11.8. The summed E-state index contributed by atoms with van der Waals surface area (Å²) >= 11 is 0. The maximum atomic E-state index is 6.01. The van der Waals surface area contributed by atoms with Gasteiger partial charge in [0.2, 0.25) is 0 Å². The lowest BCUT2D eigenvalue weighted by Gasteiger charge is -2.08. The molecule has 0 aliphatic carbocycles. The number of nitrogens with zero attached hydrogens (tertiary/aromatic N) is 4. The van der Waals surface area contributed by atoms with Crippen LogP contribution in [0.1, 0.15) is 48.2 Å². The van der Waals surface area contributed by atoms with Crippen molar-refractivity contribution in [2.45, 2.75) is 53.8 Å². The molecule has 0 bridgehead atoms. The van der Waals surface area contributed by atoms with Gasteiger partial charge in [-0.15, -0.1) is 0 Å². The Morgan fingerprint density at radius 1 is 1.21 bits per heavy atom. The molecule has 2 rings (SSSR count). The van der Waals surface area contributed by atoms with Gasteiger partial charge in [0.25, 0.3) is 0 Å². The van der Waals surface area contributed by atoms with Crippen molar-refractivity contribution < 1.29 is 0 Å². The zero-order valence-electron chi connectivity index (χ0n) is 12.4. The molecule has 19 heavy (non-hydrogen) atoms. The average molecular weight is 261 g/mol. The summed E-state index contributed by atoms with van der Waals surface area (Å²) in [6.07, 6.45) is 0. The lowest BCUT2D eigenvalue weighted by atomic mass is 10.1. The average Bonchev–Trinajstić information content (AvgIpc) is 2.80. The van der Waals surface area contributed by atoms with Crippen molar-refractivity contribution in [1.82, 2.24) is 19.6 Å². The van der Waals surface area contributed by atoms with Crippen LogP contribution in [0.2, 0.25) is 0 Å². The quantitative estimate of drug-likeness (QED) is 0.916. The first-order chi connectivity index (χ1) is 8.93. The third-order valence-electron chi connectivity index (χ3n) is 3.49. The van der Waals surface area contributed by atoms with E-state index in [1.54, 1.807) is 0 Å². The van der Waals surface area contributed by atoms with Gasteiger partial charge < -0.3 is 5.73 Å². The van der Waals surface area contributed by atoms with Crippen LogP contribution in [0.15, 0.2) is 6.07 Å².